The van der Waals surface area contributed by atoms with Gasteiger partial charge in [0, 0.05) is 42.4 Å². The fourth-order valence-electron chi connectivity index (χ4n) is 5.64. The van der Waals surface area contributed by atoms with E-state index in [0.29, 0.717) is 59.5 Å². The van der Waals surface area contributed by atoms with Crippen LogP contribution in [0.5, 0.6) is 11.5 Å². The Morgan fingerprint density at radius 2 is 1.88 bits per heavy atom. The lowest BCUT2D eigenvalue weighted by molar-refractivity contribution is -0.137. The zero-order chi connectivity index (χ0) is 29.3. The molecule has 2 unspecified atom stereocenters. The van der Waals surface area contributed by atoms with Crippen LogP contribution in [0.25, 0.3) is 11.1 Å². The van der Waals surface area contributed by atoms with Gasteiger partial charge in [0.15, 0.2) is 11.5 Å². The topological polar surface area (TPSA) is 121 Å². The van der Waals surface area contributed by atoms with Crippen molar-refractivity contribution in [2.75, 3.05) is 27.3 Å². The molecule has 1 fully saturated rings. The number of amides is 1. The molecule has 10 nitrogen and oxygen atoms in total. The van der Waals surface area contributed by atoms with Crippen LogP contribution in [0.2, 0.25) is 5.02 Å². The number of carboxylic acid groups (broad SMARTS) is 1. The maximum atomic E-state index is 13.6. The molecule has 1 amide bonds. The van der Waals surface area contributed by atoms with Crippen LogP contribution in [-0.2, 0) is 14.3 Å². The van der Waals surface area contributed by atoms with Gasteiger partial charge < -0.3 is 33.5 Å². The molecule has 0 aliphatic carbocycles. The predicted molar refractivity (Wildman–Crippen MR) is 150 cm³/mol. The Labute approximate surface area is 243 Å². The van der Waals surface area contributed by atoms with Gasteiger partial charge in [0.2, 0.25) is 5.91 Å². The number of piperidine rings is 1. The Hall–Kier alpha value is -3.76. The summed E-state index contributed by atoms with van der Waals surface area (Å²) >= 11 is 6.53. The van der Waals surface area contributed by atoms with E-state index in [1.54, 1.807) is 19.1 Å². The van der Waals surface area contributed by atoms with Crippen LogP contribution in [0, 0.1) is 0 Å². The molecular formula is C30H33ClN2O8. The van der Waals surface area contributed by atoms with Gasteiger partial charge in [-0.3, -0.25) is 4.79 Å². The van der Waals surface area contributed by atoms with Crippen LogP contribution in [0.4, 0.5) is 4.79 Å². The number of aromatic nitrogens is 1. The summed E-state index contributed by atoms with van der Waals surface area (Å²) < 4.78 is 28.9. The van der Waals surface area contributed by atoms with Gasteiger partial charge in [-0.15, -0.1) is 0 Å². The van der Waals surface area contributed by atoms with Gasteiger partial charge >= 0.3 is 6.16 Å². The van der Waals surface area contributed by atoms with Gasteiger partial charge in [0.1, 0.15) is 29.8 Å². The molecule has 0 radical (unpaired) electrons. The smallest absolute Gasteiger partial charge is 0.493 e. The summed E-state index contributed by atoms with van der Waals surface area (Å²) in [5.74, 6) is 1.63. The molecule has 0 saturated carbocycles. The van der Waals surface area contributed by atoms with Crippen molar-refractivity contribution in [2.45, 2.75) is 57.3 Å². The standard InChI is InChI=1S/C30H33ClN2O8/c1-16(2)27-25-19-9-8-17(31)14-21(19)28(20-6-5-7-22(37-3)29(20)38-4)40-23(26(25)32-41-27)15-24(34)33-12-10-18(11-13-33)39-30(35)36/h5-9,14,16,18,23,28H,10-13,15H2,1-4H3,(H,35,36). The second-order valence-corrected chi connectivity index (χ2v) is 10.9. The molecule has 2 aliphatic rings. The summed E-state index contributed by atoms with van der Waals surface area (Å²) in [6.45, 7) is 4.81. The molecule has 3 heterocycles. The van der Waals surface area contributed by atoms with E-state index in [9.17, 15) is 9.59 Å². The molecule has 1 aromatic heterocycles. The minimum absolute atomic E-state index is 0.00598. The third-order valence-electron chi connectivity index (χ3n) is 7.58. The second-order valence-electron chi connectivity index (χ2n) is 10.4. The van der Waals surface area contributed by atoms with Crippen LogP contribution in [0.1, 0.15) is 73.8 Å². The number of nitrogens with zero attached hydrogens (tertiary/aromatic N) is 2. The Morgan fingerprint density at radius 1 is 1.12 bits per heavy atom. The van der Waals surface area contributed by atoms with E-state index in [-0.39, 0.29) is 18.2 Å². The number of likely N-dealkylation sites (tertiary alicyclic amines) is 1. The summed E-state index contributed by atoms with van der Waals surface area (Å²) in [5.41, 5.74) is 3.69. The van der Waals surface area contributed by atoms with E-state index in [2.05, 4.69) is 5.16 Å². The molecule has 0 spiro atoms. The minimum atomic E-state index is -1.31. The first-order valence-corrected chi connectivity index (χ1v) is 13.9. The van der Waals surface area contributed by atoms with Crippen LogP contribution in [-0.4, -0.2) is 60.6 Å². The van der Waals surface area contributed by atoms with E-state index >= 15 is 0 Å². The summed E-state index contributed by atoms with van der Waals surface area (Å²) in [6, 6.07) is 11.2. The number of methoxy groups -OCH3 is 2. The molecule has 5 rings (SSSR count). The van der Waals surface area contributed by atoms with Crippen molar-refractivity contribution in [1.29, 1.82) is 0 Å². The Bertz CT molecular complexity index is 1430. The fraction of sp³-hybridized carbons (Fsp3) is 0.433. The molecule has 1 saturated heterocycles. The number of hydrogen-bond acceptors (Lipinski definition) is 8. The van der Waals surface area contributed by atoms with Crippen molar-refractivity contribution >= 4 is 23.7 Å². The number of rotatable bonds is 7. The van der Waals surface area contributed by atoms with Crippen molar-refractivity contribution in [3.05, 3.63) is 64.0 Å². The van der Waals surface area contributed by atoms with Crippen LogP contribution >= 0.6 is 11.6 Å². The fourth-order valence-corrected chi connectivity index (χ4v) is 5.82. The maximum absolute atomic E-state index is 13.6. The van der Waals surface area contributed by atoms with Crippen molar-refractivity contribution in [3.63, 3.8) is 0 Å². The number of ether oxygens (including phenoxy) is 4. The SMILES string of the molecule is COc1cccc(C2OC(CC(=O)N3CCC(OC(=O)O)CC3)c3noc(C(C)C)c3-c3ccc(Cl)cc32)c1OC. The average Bonchev–Trinajstić information content (AvgIpc) is 3.35. The third kappa shape index (κ3) is 5.71. The van der Waals surface area contributed by atoms with E-state index in [0.717, 1.165) is 16.7 Å². The molecule has 0 bridgehead atoms. The molecule has 1 N–H and O–H groups in total. The van der Waals surface area contributed by atoms with Gasteiger partial charge in [-0.1, -0.05) is 48.8 Å². The van der Waals surface area contributed by atoms with E-state index < -0.39 is 24.5 Å². The minimum Gasteiger partial charge on any atom is -0.493 e. The molecule has 41 heavy (non-hydrogen) atoms. The highest BCUT2D eigenvalue weighted by Crippen LogP contribution is 2.50. The monoisotopic (exact) mass is 584 g/mol. The summed E-state index contributed by atoms with van der Waals surface area (Å²) in [4.78, 5) is 26.3. The van der Waals surface area contributed by atoms with Gasteiger partial charge in [-0.05, 0) is 29.3 Å². The van der Waals surface area contributed by atoms with Crippen LogP contribution < -0.4 is 9.47 Å². The Balaban J connectivity index is 1.57. The number of carbonyl (C=O) groups excluding carboxylic acids is 1. The quantitative estimate of drug-likeness (QED) is 0.316. The van der Waals surface area contributed by atoms with Crippen molar-refractivity contribution in [1.82, 2.24) is 10.1 Å². The molecule has 2 atom stereocenters. The van der Waals surface area contributed by atoms with Crippen LogP contribution in [0.3, 0.4) is 0 Å². The highest BCUT2D eigenvalue weighted by Gasteiger charge is 2.39. The van der Waals surface area contributed by atoms with Crippen molar-refractivity contribution in [2.24, 2.45) is 0 Å². The first-order chi connectivity index (χ1) is 19.7. The van der Waals surface area contributed by atoms with Crippen molar-refractivity contribution in [3.8, 4) is 22.6 Å². The predicted octanol–water partition coefficient (Wildman–Crippen LogP) is 6.37. The van der Waals surface area contributed by atoms with E-state index in [4.69, 9.17) is 40.2 Å². The third-order valence-corrected chi connectivity index (χ3v) is 7.81. The van der Waals surface area contributed by atoms with Gasteiger partial charge in [-0.25, -0.2) is 4.79 Å². The highest BCUT2D eigenvalue weighted by molar-refractivity contribution is 6.30. The molecule has 218 valence electrons. The summed E-state index contributed by atoms with van der Waals surface area (Å²) in [7, 11) is 3.14. The molecule has 3 aromatic rings. The number of benzene rings is 2. The zero-order valence-corrected chi connectivity index (χ0v) is 24.1. The second kappa shape index (κ2) is 12.0. The molecular weight excluding hydrogens is 552 g/mol. The number of fused-ring (bicyclic) bond motifs is 3. The normalized spacial score (nSPS) is 18.8. The lowest BCUT2D eigenvalue weighted by Gasteiger charge is -2.32. The molecule has 2 aliphatic heterocycles. The number of hydrogen-bond donors (Lipinski definition) is 1. The summed E-state index contributed by atoms with van der Waals surface area (Å²) in [6.07, 6.45) is -2.28. The van der Waals surface area contributed by atoms with Crippen LogP contribution in [0.15, 0.2) is 40.9 Å². The maximum Gasteiger partial charge on any atom is 0.506 e. The van der Waals surface area contributed by atoms with E-state index in [1.807, 2.05) is 50.2 Å². The van der Waals surface area contributed by atoms with Gasteiger partial charge in [-0.2, -0.15) is 0 Å². The first-order valence-electron chi connectivity index (χ1n) is 13.5. The zero-order valence-electron chi connectivity index (χ0n) is 23.4. The summed E-state index contributed by atoms with van der Waals surface area (Å²) in [5, 5.41) is 13.9. The van der Waals surface area contributed by atoms with Gasteiger partial charge in [0.05, 0.1) is 26.2 Å². The van der Waals surface area contributed by atoms with E-state index in [1.165, 1.54) is 0 Å². The Kier molecular flexibility index (Phi) is 8.42. The first kappa shape index (κ1) is 28.8. The number of halogens is 1. The molecule has 11 heteroatoms. The largest absolute Gasteiger partial charge is 0.506 e. The Morgan fingerprint density at radius 3 is 2.54 bits per heavy atom. The highest BCUT2D eigenvalue weighted by atomic mass is 35.5. The lowest BCUT2D eigenvalue weighted by Crippen LogP contribution is -2.42. The average molecular weight is 585 g/mol. The number of carbonyl (C=O) groups is 2. The van der Waals surface area contributed by atoms with Gasteiger partial charge in [0.25, 0.3) is 0 Å². The molecule has 2 aromatic carbocycles. The lowest BCUT2D eigenvalue weighted by atomic mass is 9.90. The van der Waals surface area contributed by atoms with Crippen molar-refractivity contribution < 1.29 is 38.2 Å². The number of para-hydroxylation sites is 1.